The Bertz CT molecular complexity index is 1010. The van der Waals surface area contributed by atoms with Crippen LogP contribution in [0.25, 0.3) is 0 Å². The topological polar surface area (TPSA) is 73.2 Å². The second-order valence-corrected chi connectivity index (χ2v) is 8.85. The summed E-state index contributed by atoms with van der Waals surface area (Å²) in [6.45, 7) is 2.74. The molecule has 4 atom stereocenters. The maximum atomic E-state index is 13.6. The predicted octanol–water partition coefficient (Wildman–Crippen LogP) is 3.29. The summed E-state index contributed by atoms with van der Waals surface area (Å²) < 4.78 is 7.20. The molecule has 1 aromatic heterocycles. The van der Waals surface area contributed by atoms with E-state index < -0.39 is 0 Å². The number of hydrogen-bond acceptors (Lipinski definition) is 4. The van der Waals surface area contributed by atoms with Crippen molar-refractivity contribution in [1.82, 2.24) is 15.1 Å². The zero-order chi connectivity index (χ0) is 21.4. The van der Waals surface area contributed by atoms with Gasteiger partial charge in [0, 0.05) is 11.6 Å². The van der Waals surface area contributed by atoms with Gasteiger partial charge in [0.25, 0.3) is 5.91 Å². The lowest BCUT2D eigenvalue weighted by Crippen LogP contribution is -2.47. The van der Waals surface area contributed by atoms with Gasteiger partial charge in [-0.2, -0.15) is 5.10 Å². The van der Waals surface area contributed by atoms with Gasteiger partial charge in [-0.05, 0) is 56.4 Å². The molecule has 1 aromatic carbocycles. The standard InChI is InChI=1S/C25H29N3O3/c1-2-31-25(30)21-17-12-13-18(14-17)22(21)26-24(29)23-19-10-6-7-11-20(19)27-28(23)15-16-8-4-3-5-9-16/h3-5,8-9,12-13,17-18,21-22H,2,6-7,10-11,14-15H2,1H3,(H,26,29)/t17?,18?,21-,22+/m1/s1. The molecule has 6 heteroatoms. The number of ether oxygens (including phenoxy) is 1. The minimum absolute atomic E-state index is 0.119. The van der Waals surface area contributed by atoms with Crippen molar-refractivity contribution in [2.24, 2.45) is 17.8 Å². The van der Waals surface area contributed by atoms with E-state index >= 15 is 0 Å². The molecule has 6 nitrogen and oxygen atoms in total. The van der Waals surface area contributed by atoms with Gasteiger partial charge < -0.3 is 10.1 Å². The molecule has 0 saturated heterocycles. The molecule has 1 saturated carbocycles. The summed E-state index contributed by atoms with van der Waals surface area (Å²) in [5.41, 5.74) is 3.89. The highest BCUT2D eigenvalue weighted by atomic mass is 16.5. The normalized spacial score (nSPS) is 26.0. The highest BCUT2D eigenvalue weighted by molar-refractivity contribution is 5.95. The number of fused-ring (bicyclic) bond motifs is 3. The molecule has 1 N–H and O–H groups in total. The Morgan fingerprint density at radius 1 is 1.13 bits per heavy atom. The molecule has 3 aliphatic rings. The summed E-state index contributed by atoms with van der Waals surface area (Å²) in [5, 5.41) is 8.05. The van der Waals surface area contributed by atoms with Crippen molar-refractivity contribution in [2.75, 3.05) is 6.61 Å². The molecular weight excluding hydrogens is 390 g/mol. The molecule has 1 heterocycles. The van der Waals surface area contributed by atoms with Crippen LogP contribution in [0.1, 0.15) is 53.5 Å². The second-order valence-electron chi connectivity index (χ2n) is 8.85. The monoisotopic (exact) mass is 419 g/mol. The van der Waals surface area contributed by atoms with Gasteiger partial charge in [0.05, 0.1) is 24.8 Å². The van der Waals surface area contributed by atoms with Gasteiger partial charge in [-0.3, -0.25) is 14.3 Å². The highest BCUT2D eigenvalue weighted by Gasteiger charge is 2.50. The van der Waals surface area contributed by atoms with Gasteiger partial charge in [-0.1, -0.05) is 42.5 Å². The molecule has 1 amide bonds. The Balaban J connectivity index is 1.44. The lowest BCUT2D eigenvalue weighted by Gasteiger charge is -2.27. The van der Waals surface area contributed by atoms with E-state index in [9.17, 15) is 9.59 Å². The minimum atomic E-state index is -0.305. The first-order valence-corrected chi connectivity index (χ1v) is 11.4. The summed E-state index contributed by atoms with van der Waals surface area (Å²) in [7, 11) is 0. The third kappa shape index (κ3) is 3.68. The van der Waals surface area contributed by atoms with Gasteiger partial charge in [0.15, 0.2) is 0 Å². The van der Waals surface area contributed by atoms with E-state index in [1.807, 2.05) is 29.8 Å². The maximum absolute atomic E-state index is 13.6. The Labute approximate surface area is 182 Å². The number of benzene rings is 1. The van der Waals surface area contributed by atoms with E-state index in [2.05, 4.69) is 29.6 Å². The Hall–Kier alpha value is -2.89. The summed E-state index contributed by atoms with van der Waals surface area (Å²) in [6, 6.07) is 9.89. The molecule has 0 aliphatic heterocycles. The SMILES string of the molecule is CCOC(=O)[C@@H]1C2C=CC(C2)[C@@H]1NC(=O)c1c2c(nn1Cc1ccccc1)CCCC2. The van der Waals surface area contributed by atoms with Gasteiger partial charge >= 0.3 is 5.97 Å². The average Bonchev–Trinajstić information content (AvgIpc) is 3.47. The van der Waals surface area contributed by atoms with Gasteiger partial charge in [-0.25, -0.2) is 0 Å². The van der Waals surface area contributed by atoms with Crippen molar-refractivity contribution in [3.05, 3.63) is 65.0 Å². The van der Waals surface area contributed by atoms with Crippen molar-refractivity contribution >= 4 is 11.9 Å². The Morgan fingerprint density at radius 3 is 2.71 bits per heavy atom. The number of allylic oxidation sites excluding steroid dienone is 1. The highest BCUT2D eigenvalue weighted by Crippen LogP contribution is 2.44. The fourth-order valence-electron chi connectivity index (χ4n) is 5.53. The summed E-state index contributed by atoms with van der Waals surface area (Å²) >= 11 is 0. The number of carbonyl (C=O) groups excluding carboxylic acids is 2. The molecule has 2 unspecified atom stereocenters. The maximum Gasteiger partial charge on any atom is 0.311 e. The number of rotatable bonds is 6. The molecule has 31 heavy (non-hydrogen) atoms. The van der Waals surface area contributed by atoms with Crippen LogP contribution in [-0.4, -0.2) is 34.3 Å². The number of aryl methyl sites for hydroxylation is 1. The van der Waals surface area contributed by atoms with Gasteiger partial charge in [0.1, 0.15) is 5.69 Å². The van der Waals surface area contributed by atoms with E-state index in [-0.39, 0.29) is 35.7 Å². The van der Waals surface area contributed by atoms with E-state index in [0.29, 0.717) is 18.8 Å². The smallest absolute Gasteiger partial charge is 0.311 e. The van der Waals surface area contributed by atoms with Crippen molar-refractivity contribution < 1.29 is 14.3 Å². The van der Waals surface area contributed by atoms with Crippen molar-refractivity contribution in [1.29, 1.82) is 0 Å². The number of hydrogen-bond donors (Lipinski definition) is 1. The number of esters is 1. The van der Waals surface area contributed by atoms with Crippen LogP contribution >= 0.6 is 0 Å². The lowest BCUT2D eigenvalue weighted by molar-refractivity contribution is -0.149. The summed E-state index contributed by atoms with van der Waals surface area (Å²) in [6.07, 6.45) is 9.13. The molecular formula is C25H29N3O3. The number of carbonyl (C=O) groups is 2. The van der Waals surface area contributed by atoms with Crippen molar-refractivity contribution in [2.45, 2.75) is 51.6 Å². The van der Waals surface area contributed by atoms with Crippen molar-refractivity contribution in [3.8, 4) is 0 Å². The molecule has 0 spiro atoms. The molecule has 3 aliphatic carbocycles. The summed E-state index contributed by atoms with van der Waals surface area (Å²) in [4.78, 5) is 26.2. The lowest BCUT2D eigenvalue weighted by atomic mass is 9.88. The third-order valence-electron chi connectivity index (χ3n) is 6.93. The number of aromatic nitrogens is 2. The van der Waals surface area contributed by atoms with E-state index in [4.69, 9.17) is 9.84 Å². The zero-order valence-corrected chi connectivity index (χ0v) is 17.9. The first-order chi connectivity index (χ1) is 15.2. The van der Waals surface area contributed by atoms with Crippen molar-refractivity contribution in [3.63, 3.8) is 0 Å². The number of amides is 1. The predicted molar refractivity (Wildman–Crippen MR) is 117 cm³/mol. The van der Waals surface area contributed by atoms with Crippen LogP contribution < -0.4 is 5.32 Å². The Morgan fingerprint density at radius 2 is 1.90 bits per heavy atom. The van der Waals surface area contributed by atoms with E-state index in [0.717, 1.165) is 48.9 Å². The van der Waals surface area contributed by atoms with Crippen LogP contribution in [0.2, 0.25) is 0 Å². The average molecular weight is 420 g/mol. The zero-order valence-electron chi connectivity index (χ0n) is 17.9. The van der Waals surface area contributed by atoms with Crippen LogP contribution in [0.3, 0.4) is 0 Å². The molecule has 5 rings (SSSR count). The minimum Gasteiger partial charge on any atom is -0.466 e. The van der Waals surface area contributed by atoms with Crippen LogP contribution in [0.5, 0.6) is 0 Å². The molecule has 0 radical (unpaired) electrons. The van der Waals surface area contributed by atoms with Crippen LogP contribution in [-0.2, 0) is 28.9 Å². The van der Waals surface area contributed by atoms with Crippen LogP contribution in [0, 0.1) is 17.8 Å². The fraction of sp³-hybridized carbons (Fsp3) is 0.480. The molecule has 162 valence electrons. The van der Waals surface area contributed by atoms with Gasteiger partial charge in [0.2, 0.25) is 0 Å². The molecule has 2 aromatic rings. The van der Waals surface area contributed by atoms with Crippen LogP contribution in [0.4, 0.5) is 0 Å². The number of nitrogens with one attached hydrogen (secondary N) is 1. The van der Waals surface area contributed by atoms with E-state index in [1.54, 1.807) is 0 Å². The first-order valence-electron chi connectivity index (χ1n) is 11.4. The summed E-state index contributed by atoms with van der Waals surface area (Å²) in [5.74, 6) is -0.293. The third-order valence-corrected chi connectivity index (χ3v) is 6.93. The van der Waals surface area contributed by atoms with Gasteiger partial charge in [-0.15, -0.1) is 0 Å². The Kier molecular flexibility index (Phi) is 5.38. The van der Waals surface area contributed by atoms with Crippen LogP contribution in [0.15, 0.2) is 42.5 Å². The largest absolute Gasteiger partial charge is 0.466 e. The molecule has 1 fully saturated rings. The van der Waals surface area contributed by atoms with E-state index in [1.165, 1.54) is 0 Å². The molecule has 2 bridgehead atoms. The first kappa shape index (κ1) is 20.0. The number of nitrogens with zero attached hydrogens (tertiary/aromatic N) is 2. The second kappa shape index (κ2) is 8.33. The quantitative estimate of drug-likeness (QED) is 0.576. The fourth-order valence-corrected chi connectivity index (χ4v) is 5.53.